The number of benzene rings is 2. The van der Waals surface area contributed by atoms with E-state index in [1.807, 2.05) is 37.4 Å². The summed E-state index contributed by atoms with van der Waals surface area (Å²) in [5.41, 5.74) is 6.98. The number of hydrogen-bond donors (Lipinski definition) is 3. The van der Waals surface area contributed by atoms with Gasteiger partial charge in [-0.15, -0.1) is 10.2 Å². The van der Waals surface area contributed by atoms with Gasteiger partial charge in [0, 0.05) is 61.4 Å². The van der Waals surface area contributed by atoms with Crippen molar-refractivity contribution < 1.29 is 9.52 Å². The first kappa shape index (κ1) is 31.2. The van der Waals surface area contributed by atoms with Gasteiger partial charge in [0.25, 0.3) is 5.56 Å². The summed E-state index contributed by atoms with van der Waals surface area (Å²) in [5.74, 6) is 0.591. The van der Waals surface area contributed by atoms with Crippen molar-refractivity contribution in [1.82, 2.24) is 25.1 Å². The third-order valence-electron chi connectivity index (χ3n) is 8.47. The number of halogens is 1. The molecule has 236 valence electrons. The molecule has 3 aromatic heterocycles. The number of aromatic nitrogens is 4. The van der Waals surface area contributed by atoms with Crippen molar-refractivity contribution in [2.45, 2.75) is 45.9 Å². The van der Waals surface area contributed by atoms with Crippen LogP contribution in [0.15, 0.2) is 63.9 Å². The molecule has 0 aliphatic carbocycles. The van der Waals surface area contributed by atoms with Gasteiger partial charge in [-0.2, -0.15) is 5.26 Å². The lowest BCUT2D eigenvalue weighted by Gasteiger charge is -2.36. The zero-order chi connectivity index (χ0) is 32.4. The van der Waals surface area contributed by atoms with E-state index in [1.54, 1.807) is 26.0 Å². The van der Waals surface area contributed by atoms with Gasteiger partial charge in [0.15, 0.2) is 0 Å². The molecule has 0 spiro atoms. The van der Waals surface area contributed by atoms with E-state index in [2.05, 4.69) is 53.5 Å². The van der Waals surface area contributed by atoms with Crippen LogP contribution in [0.1, 0.15) is 48.0 Å². The predicted molar refractivity (Wildman–Crippen MR) is 178 cm³/mol. The van der Waals surface area contributed by atoms with Crippen molar-refractivity contribution in [2.75, 3.05) is 36.4 Å². The molecule has 0 radical (unpaired) electrons. The Kier molecular flexibility index (Phi) is 9.03. The SMILES string of the molecule is CCc1cc2ncc(CN3CCN(c4ccc(-c5nnc(C(Nc6ccc(C#N)c(Cl)c6C)C(C)O)o5)cc4)CC3)cc2[nH]c1=O. The van der Waals surface area contributed by atoms with Gasteiger partial charge >= 0.3 is 0 Å². The summed E-state index contributed by atoms with van der Waals surface area (Å²) in [7, 11) is 0. The quantitative estimate of drug-likeness (QED) is 0.196. The molecule has 1 saturated heterocycles. The van der Waals surface area contributed by atoms with E-state index in [0.29, 0.717) is 34.1 Å². The van der Waals surface area contributed by atoms with Crippen LogP contribution in [-0.4, -0.2) is 62.5 Å². The number of rotatable bonds is 9. The monoisotopic (exact) mass is 638 g/mol. The van der Waals surface area contributed by atoms with Crippen LogP contribution >= 0.6 is 11.6 Å². The second-order valence-corrected chi connectivity index (χ2v) is 12.0. The Morgan fingerprint density at radius 3 is 2.59 bits per heavy atom. The Bertz CT molecular complexity index is 1960. The molecule has 0 bridgehead atoms. The second-order valence-electron chi connectivity index (χ2n) is 11.6. The highest BCUT2D eigenvalue weighted by Gasteiger charge is 2.26. The maximum atomic E-state index is 12.3. The summed E-state index contributed by atoms with van der Waals surface area (Å²) in [5, 5.41) is 31.8. The van der Waals surface area contributed by atoms with Gasteiger partial charge in [0.2, 0.25) is 11.8 Å². The van der Waals surface area contributed by atoms with E-state index in [0.717, 1.165) is 66.1 Å². The number of nitrogens with zero attached hydrogens (tertiary/aromatic N) is 6. The fraction of sp³-hybridized carbons (Fsp3) is 0.324. The number of pyridine rings is 2. The van der Waals surface area contributed by atoms with Crippen molar-refractivity contribution in [1.29, 1.82) is 5.26 Å². The smallest absolute Gasteiger partial charge is 0.251 e. The van der Waals surface area contributed by atoms with Gasteiger partial charge in [-0.1, -0.05) is 18.5 Å². The average Bonchev–Trinajstić information content (AvgIpc) is 3.55. The summed E-state index contributed by atoms with van der Waals surface area (Å²) < 4.78 is 6.01. The fourth-order valence-corrected chi connectivity index (χ4v) is 5.92. The molecule has 6 rings (SSSR count). The van der Waals surface area contributed by atoms with E-state index >= 15 is 0 Å². The molecule has 11 nitrogen and oxygen atoms in total. The van der Waals surface area contributed by atoms with Crippen molar-refractivity contribution in [3.63, 3.8) is 0 Å². The molecule has 2 unspecified atom stereocenters. The zero-order valence-electron chi connectivity index (χ0n) is 25.9. The number of aromatic amines is 1. The first-order valence-corrected chi connectivity index (χ1v) is 15.7. The number of nitrogens with one attached hydrogen (secondary N) is 2. The Balaban J connectivity index is 1.08. The number of aliphatic hydroxyl groups is 1. The number of fused-ring (bicyclic) bond motifs is 1. The third-order valence-corrected chi connectivity index (χ3v) is 8.96. The minimum absolute atomic E-state index is 0.0467. The Morgan fingerprint density at radius 1 is 1.13 bits per heavy atom. The predicted octanol–water partition coefficient (Wildman–Crippen LogP) is 5.23. The lowest BCUT2D eigenvalue weighted by atomic mass is 10.1. The summed E-state index contributed by atoms with van der Waals surface area (Å²) in [6.07, 6.45) is 1.73. The molecule has 3 N–H and O–H groups in total. The Hall–Kier alpha value is -4.76. The van der Waals surface area contributed by atoms with Crippen molar-refractivity contribution >= 4 is 34.0 Å². The number of aryl methyl sites for hydroxylation is 1. The van der Waals surface area contributed by atoms with Crippen molar-refractivity contribution in [3.8, 4) is 17.5 Å². The van der Waals surface area contributed by atoms with Gasteiger partial charge in [-0.3, -0.25) is 14.7 Å². The Morgan fingerprint density at radius 2 is 1.89 bits per heavy atom. The van der Waals surface area contributed by atoms with Crippen molar-refractivity contribution in [2.24, 2.45) is 0 Å². The molecule has 1 fully saturated rings. The molecule has 4 heterocycles. The topological polar surface area (TPSA) is 147 Å². The maximum Gasteiger partial charge on any atom is 0.251 e. The molecule has 46 heavy (non-hydrogen) atoms. The van der Waals surface area contributed by atoms with Crippen LogP contribution < -0.4 is 15.8 Å². The first-order chi connectivity index (χ1) is 22.2. The summed E-state index contributed by atoms with van der Waals surface area (Å²) in [6.45, 7) is 9.73. The van der Waals surface area contributed by atoms with Crippen molar-refractivity contribution in [3.05, 3.63) is 98.2 Å². The van der Waals surface area contributed by atoms with Crippen LogP contribution in [0.4, 0.5) is 11.4 Å². The number of piperazine rings is 1. The molecule has 0 saturated carbocycles. The van der Waals surface area contributed by atoms with Gasteiger partial charge in [-0.05, 0) is 79.9 Å². The summed E-state index contributed by atoms with van der Waals surface area (Å²) in [4.78, 5) is 24.6. The highest BCUT2D eigenvalue weighted by molar-refractivity contribution is 6.32. The fourth-order valence-electron chi connectivity index (χ4n) is 5.71. The van der Waals surface area contributed by atoms with Gasteiger partial charge in [0.05, 0.1) is 27.7 Å². The van der Waals surface area contributed by atoms with E-state index in [4.69, 9.17) is 16.0 Å². The highest BCUT2D eigenvalue weighted by atomic mass is 35.5. The molecule has 0 amide bonds. The first-order valence-electron chi connectivity index (χ1n) is 15.3. The van der Waals surface area contributed by atoms with Crippen LogP contribution in [0.2, 0.25) is 5.02 Å². The lowest BCUT2D eigenvalue weighted by Crippen LogP contribution is -2.45. The molecule has 2 aromatic carbocycles. The van der Waals surface area contributed by atoms with Gasteiger partial charge < -0.3 is 24.7 Å². The molecule has 1 aliphatic rings. The van der Waals surface area contributed by atoms with Gasteiger partial charge in [-0.25, -0.2) is 0 Å². The largest absolute Gasteiger partial charge is 0.418 e. The van der Waals surface area contributed by atoms with Crippen LogP contribution in [-0.2, 0) is 13.0 Å². The molecule has 2 atom stereocenters. The number of H-pyrrole nitrogens is 1. The lowest BCUT2D eigenvalue weighted by molar-refractivity contribution is 0.159. The average molecular weight is 639 g/mol. The van der Waals surface area contributed by atoms with Crippen LogP contribution in [0.5, 0.6) is 0 Å². The second kappa shape index (κ2) is 13.3. The third kappa shape index (κ3) is 6.46. The van der Waals surface area contributed by atoms with E-state index < -0.39 is 12.1 Å². The minimum atomic E-state index is -0.848. The maximum absolute atomic E-state index is 12.3. The van der Waals surface area contributed by atoms with E-state index in [-0.39, 0.29) is 11.4 Å². The summed E-state index contributed by atoms with van der Waals surface area (Å²) >= 11 is 6.34. The van der Waals surface area contributed by atoms with Crippen LogP contribution in [0.25, 0.3) is 22.5 Å². The van der Waals surface area contributed by atoms with Crippen LogP contribution in [0, 0.1) is 18.3 Å². The summed E-state index contributed by atoms with van der Waals surface area (Å²) in [6, 6.07) is 16.7. The van der Waals surface area contributed by atoms with Crippen LogP contribution in [0.3, 0.4) is 0 Å². The molecule has 12 heteroatoms. The number of hydrogen-bond acceptors (Lipinski definition) is 10. The highest BCUT2D eigenvalue weighted by Crippen LogP contribution is 2.32. The minimum Gasteiger partial charge on any atom is -0.418 e. The normalized spacial score (nSPS) is 15.1. The molecular weight excluding hydrogens is 604 g/mol. The van der Waals surface area contributed by atoms with Gasteiger partial charge in [0.1, 0.15) is 12.1 Å². The van der Waals surface area contributed by atoms with E-state index in [9.17, 15) is 15.2 Å². The standard InChI is InChI=1S/C34H35ClN8O3/c1-4-23-16-28-29(39-32(23)45)15-22(18-37-28)19-42-11-13-43(14-12-42)26-8-5-24(6-9-26)33-40-41-34(46-33)31(21(3)44)38-27-10-7-25(17-36)30(35)20(27)2/h5-10,15-16,18,21,31,38,44H,4,11-14,19H2,1-3H3,(H,39,45). The Labute approximate surface area is 271 Å². The number of anilines is 2. The molecule has 1 aliphatic heterocycles. The molecule has 5 aromatic rings. The van der Waals surface area contributed by atoms with E-state index in [1.165, 1.54) is 0 Å². The molecular formula is C34H35ClN8O3. The number of nitriles is 1. The number of aliphatic hydroxyl groups excluding tert-OH is 1. The zero-order valence-corrected chi connectivity index (χ0v) is 26.7.